The molecule has 1 heterocycles. The fourth-order valence-corrected chi connectivity index (χ4v) is 1.71. The zero-order chi connectivity index (χ0) is 12.4. The smallest absolute Gasteiger partial charge is 0.287 e. The SMILES string of the molecule is Cc1cc(-c2ccccc2)n(N)c(=O)c1C#N. The number of benzene rings is 1. The molecule has 0 amide bonds. The van der Waals surface area contributed by atoms with Gasteiger partial charge in [0.1, 0.15) is 11.6 Å². The van der Waals surface area contributed by atoms with E-state index in [-0.39, 0.29) is 5.56 Å². The van der Waals surface area contributed by atoms with Crippen molar-refractivity contribution in [2.45, 2.75) is 6.92 Å². The van der Waals surface area contributed by atoms with E-state index in [0.29, 0.717) is 11.3 Å². The van der Waals surface area contributed by atoms with Gasteiger partial charge in [-0.25, -0.2) is 4.68 Å². The van der Waals surface area contributed by atoms with Crippen molar-refractivity contribution in [1.82, 2.24) is 4.68 Å². The van der Waals surface area contributed by atoms with Crippen LogP contribution >= 0.6 is 0 Å². The number of rotatable bonds is 1. The minimum absolute atomic E-state index is 0.0900. The minimum Gasteiger partial charge on any atom is -0.336 e. The Morgan fingerprint density at radius 1 is 1.29 bits per heavy atom. The number of hydrogen-bond donors (Lipinski definition) is 1. The molecular weight excluding hydrogens is 214 g/mol. The maximum atomic E-state index is 11.8. The minimum atomic E-state index is -0.466. The van der Waals surface area contributed by atoms with Crippen LogP contribution in [0.3, 0.4) is 0 Å². The molecule has 1 aromatic carbocycles. The second kappa shape index (κ2) is 4.14. The number of hydrogen-bond acceptors (Lipinski definition) is 3. The summed E-state index contributed by atoms with van der Waals surface area (Å²) in [5.41, 5.74) is 1.71. The Kier molecular flexibility index (Phi) is 2.67. The molecule has 84 valence electrons. The van der Waals surface area contributed by atoms with Crippen molar-refractivity contribution in [3.05, 3.63) is 57.9 Å². The number of nitrogen functional groups attached to an aromatic ring is 1. The lowest BCUT2D eigenvalue weighted by Gasteiger charge is -2.09. The molecule has 0 unspecified atom stereocenters. The summed E-state index contributed by atoms with van der Waals surface area (Å²) >= 11 is 0. The normalized spacial score (nSPS) is 9.88. The van der Waals surface area contributed by atoms with E-state index in [4.69, 9.17) is 11.1 Å². The van der Waals surface area contributed by atoms with Gasteiger partial charge in [-0.05, 0) is 18.6 Å². The van der Waals surface area contributed by atoms with Gasteiger partial charge in [0.15, 0.2) is 0 Å². The van der Waals surface area contributed by atoms with E-state index in [1.54, 1.807) is 13.0 Å². The molecule has 0 aliphatic rings. The second-order valence-corrected chi connectivity index (χ2v) is 3.74. The third-order valence-corrected chi connectivity index (χ3v) is 2.62. The van der Waals surface area contributed by atoms with Crippen LogP contribution in [0.25, 0.3) is 11.3 Å². The van der Waals surface area contributed by atoms with Crippen LogP contribution in [0.15, 0.2) is 41.2 Å². The van der Waals surface area contributed by atoms with Crippen LogP contribution < -0.4 is 11.4 Å². The Hall–Kier alpha value is -2.54. The number of nitrogens with two attached hydrogens (primary N) is 1. The molecule has 0 spiro atoms. The number of pyridine rings is 1. The molecule has 0 saturated heterocycles. The fourth-order valence-electron chi connectivity index (χ4n) is 1.71. The third-order valence-electron chi connectivity index (χ3n) is 2.62. The zero-order valence-corrected chi connectivity index (χ0v) is 9.34. The van der Waals surface area contributed by atoms with Gasteiger partial charge in [0.25, 0.3) is 5.56 Å². The predicted molar refractivity (Wildman–Crippen MR) is 65.7 cm³/mol. The van der Waals surface area contributed by atoms with E-state index < -0.39 is 5.56 Å². The van der Waals surface area contributed by atoms with Gasteiger partial charge in [-0.15, -0.1) is 0 Å². The molecule has 4 nitrogen and oxygen atoms in total. The molecule has 0 aliphatic heterocycles. The average Bonchev–Trinajstić information content (AvgIpc) is 2.35. The second-order valence-electron chi connectivity index (χ2n) is 3.74. The van der Waals surface area contributed by atoms with Gasteiger partial charge in [-0.2, -0.15) is 5.26 Å². The largest absolute Gasteiger partial charge is 0.336 e. The van der Waals surface area contributed by atoms with E-state index >= 15 is 0 Å². The summed E-state index contributed by atoms with van der Waals surface area (Å²) in [6.07, 6.45) is 0. The van der Waals surface area contributed by atoms with Crippen molar-refractivity contribution < 1.29 is 0 Å². The molecule has 2 N–H and O–H groups in total. The van der Waals surface area contributed by atoms with Crippen molar-refractivity contribution >= 4 is 0 Å². The summed E-state index contributed by atoms with van der Waals surface area (Å²) < 4.78 is 1.01. The first-order chi connectivity index (χ1) is 8.15. The summed E-state index contributed by atoms with van der Waals surface area (Å²) in [6, 6.07) is 13.0. The van der Waals surface area contributed by atoms with E-state index in [1.807, 2.05) is 36.4 Å². The van der Waals surface area contributed by atoms with Crippen LogP contribution in [-0.2, 0) is 0 Å². The lowest BCUT2D eigenvalue weighted by molar-refractivity contribution is 0.933. The van der Waals surface area contributed by atoms with Crippen molar-refractivity contribution in [3.63, 3.8) is 0 Å². The lowest BCUT2D eigenvalue weighted by Crippen LogP contribution is -2.31. The lowest BCUT2D eigenvalue weighted by atomic mass is 10.1. The van der Waals surface area contributed by atoms with E-state index in [1.165, 1.54) is 0 Å². The molecule has 2 aromatic rings. The van der Waals surface area contributed by atoms with Crippen molar-refractivity contribution in [2.75, 3.05) is 5.84 Å². The van der Waals surface area contributed by atoms with E-state index in [9.17, 15) is 4.79 Å². The molecule has 0 bridgehead atoms. The Morgan fingerprint density at radius 3 is 2.53 bits per heavy atom. The van der Waals surface area contributed by atoms with Crippen molar-refractivity contribution in [3.8, 4) is 17.3 Å². The molecule has 0 fully saturated rings. The van der Waals surface area contributed by atoms with Gasteiger partial charge in [0.05, 0.1) is 5.69 Å². The van der Waals surface area contributed by atoms with Gasteiger partial charge in [-0.1, -0.05) is 30.3 Å². The summed E-state index contributed by atoms with van der Waals surface area (Å²) in [4.78, 5) is 11.8. The third kappa shape index (κ3) is 1.79. The standard InChI is InChI=1S/C13H11N3O/c1-9-7-12(10-5-3-2-4-6-10)16(15)13(17)11(9)8-14/h2-7H,15H2,1H3. The van der Waals surface area contributed by atoms with Crippen LogP contribution in [-0.4, -0.2) is 4.68 Å². The van der Waals surface area contributed by atoms with Gasteiger partial charge < -0.3 is 5.84 Å². The molecule has 2 rings (SSSR count). The first kappa shape index (κ1) is 11.0. The zero-order valence-electron chi connectivity index (χ0n) is 9.34. The van der Waals surface area contributed by atoms with Crippen molar-refractivity contribution in [2.24, 2.45) is 0 Å². The maximum Gasteiger partial charge on any atom is 0.287 e. The Morgan fingerprint density at radius 2 is 1.94 bits per heavy atom. The predicted octanol–water partition coefficient (Wildman–Crippen LogP) is 1.41. The quantitative estimate of drug-likeness (QED) is 0.746. The van der Waals surface area contributed by atoms with Gasteiger partial charge >= 0.3 is 0 Å². The van der Waals surface area contributed by atoms with Crippen molar-refractivity contribution in [1.29, 1.82) is 5.26 Å². The highest BCUT2D eigenvalue weighted by atomic mass is 16.1. The molecule has 1 aromatic heterocycles. The summed E-state index contributed by atoms with van der Waals surface area (Å²) in [5, 5.41) is 8.87. The summed E-state index contributed by atoms with van der Waals surface area (Å²) in [6.45, 7) is 1.73. The Bertz CT molecular complexity index is 651. The van der Waals surface area contributed by atoms with E-state index in [0.717, 1.165) is 10.2 Å². The van der Waals surface area contributed by atoms with E-state index in [2.05, 4.69) is 0 Å². The maximum absolute atomic E-state index is 11.8. The Labute approximate surface area is 98.5 Å². The first-order valence-corrected chi connectivity index (χ1v) is 5.12. The monoisotopic (exact) mass is 225 g/mol. The molecule has 4 heteroatoms. The summed E-state index contributed by atoms with van der Waals surface area (Å²) in [5.74, 6) is 5.71. The molecule has 0 atom stereocenters. The fraction of sp³-hybridized carbons (Fsp3) is 0.0769. The van der Waals surface area contributed by atoms with Gasteiger partial charge in [0.2, 0.25) is 0 Å². The molecule has 0 saturated carbocycles. The highest BCUT2D eigenvalue weighted by molar-refractivity contribution is 5.61. The number of nitriles is 1. The van der Waals surface area contributed by atoms with Gasteiger partial charge in [-0.3, -0.25) is 4.79 Å². The topological polar surface area (TPSA) is 71.8 Å². The van der Waals surface area contributed by atoms with Crippen LogP contribution in [0, 0.1) is 18.3 Å². The van der Waals surface area contributed by atoms with Crippen LogP contribution in [0.2, 0.25) is 0 Å². The Balaban J connectivity index is 2.75. The highest BCUT2D eigenvalue weighted by Crippen LogP contribution is 2.18. The highest BCUT2D eigenvalue weighted by Gasteiger charge is 2.11. The first-order valence-electron chi connectivity index (χ1n) is 5.12. The molecular formula is C13H11N3O. The van der Waals surface area contributed by atoms with Crippen LogP contribution in [0.1, 0.15) is 11.1 Å². The van der Waals surface area contributed by atoms with Crippen LogP contribution in [0.5, 0.6) is 0 Å². The average molecular weight is 225 g/mol. The molecule has 0 aliphatic carbocycles. The van der Waals surface area contributed by atoms with Gasteiger partial charge in [0, 0.05) is 5.56 Å². The van der Waals surface area contributed by atoms with Crippen LogP contribution in [0.4, 0.5) is 0 Å². The molecule has 17 heavy (non-hydrogen) atoms. The number of aromatic nitrogens is 1. The number of nitrogens with zero attached hydrogens (tertiary/aromatic N) is 2. The number of aryl methyl sites for hydroxylation is 1. The molecule has 0 radical (unpaired) electrons. The summed E-state index contributed by atoms with van der Waals surface area (Å²) in [7, 11) is 0.